The Morgan fingerprint density at radius 3 is 2.00 bits per heavy atom. The van der Waals surface area contributed by atoms with Crippen LogP contribution in [0.5, 0.6) is 0 Å². The second kappa shape index (κ2) is 7.00. The number of hydrogen-bond acceptors (Lipinski definition) is 0. The molecule has 0 amide bonds. The van der Waals surface area contributed by atoms with Crippen LogP contribution in [-0.2, 0) is 6.42 Å². The molecule has 142 valence electrons. The summed E-state index contributed by atoms with van der Waals surface area (Å²) in [6, 6.07) is 35.3. The maximum Gasteiger partial charge on any atom is 0.0284 e. The lowest BCUT2D eigenvalue weighted by molar-refractivity contribution is 1.05. The molecule has 0 radical (unpaired) electrons. The van der Waals surface area contributed by atoms with Gasteiger partial charge in [0, 0.05) is 5.92 Å². The van der Waals surface area contributed by atoms with E-state index in [4.69, 9.17) is 0 Å². The number of hydrogen-bond donors (Lipinski definition) is 0. The highest BCUT2D eigenvalue weighted by Gasteiger charge is 2.23. The van der Waals surface area contributed by atoms with Crippen molar-refractivity contribution < 1.29 is 0 Å². The lowest BCUT2D eigenvalue weighted by atomic mass is 9.84. The fraction of sp³-hybridized carbons (Fsp3) is 0.0667. The SMILES string of the molecule is C1=CC(c2ccccc2-c2ccccc2C2=Cc3ccccc3C2)c2ccccc21. The molecule has 4 aromatic rings. The van der Waals surface area contributed by atoms with Gasteiger partial charge in [-0.15, -0.1) is 0 Å². The van der Waals surface area contributed by atoms with Crippen LogP contribution in [0.4, 0.5) is 0 Å². The van der Waals surface area contributed by atoms with Crippen molar-refractivity contribution in [3.8, 4) is 11.1 Å². The van der Waals surface area contributed by atoms with Crippen LogP contribution in [0.3, 0.4) is 0 Å². The van der Waals surface area contributed by atoms with Gasteiger partial charge in [-0.2, -0.15) is 0 Å². The maximum absolute atomic E-state index is 2.36. The fourth-order valence-corrected chi connectivity index (χ4v) is 4.99. The summed E-state index contributed by atoms with van der Waals surface area (Å²) >= 11 is 0. The standard InChI is InChI=1S/C30H22/c1-2-11-23-20-24(19-22(23)10-1)26-13-5-6-14-27(26)28-15-7-8-16-29(28)30-18-17-21-9-3-4-12-25(21)30/h1-19,30H,20H2. The second-order valence-corrected chi connectivity index (χ2v) is 8.14. The molecule has 0 aromatic heterocycles. The van der Waals surface area contributed by atoms with Crippen molar-refractivity contribution in [1.29, 1.82) is 0 Å². The van der Waals surface area contributed by atoms with Gasteiger partial charge in [0.1, 0.15) is 0 Å². The molecule has 1 atom stereocenters. The molecule has 1 unspecified atom stereocenters. The molecule has 4 aromatic carbocycles. The maximum atomic E-state index is 2.36. The van der Waals surface area contributed by atoms with E-state index < -0.39 is 0 Å². The first-order valence-corrected chi connectivity index (χ1v) is 10.6. The minimum absolute atomic E-state index is 0.306. The van der Waals surface area contributed by atoms with E-state index in [1.807, 2.05) is 0 Å². The molecule has 30 heavy (non-hydrogen) atoms. The molecule has 0 N–H and O–H groups in total. The Kier molecular flexibility index (Phi) is 4.02. The largest absolute Gasteiger partial charge is 0.0720 e. The number of rotatable bonds is 3. The number of allylic oxidation sites excluding steroid dienone is 2. The molecule has 0 aliphatic heterocycles. The zero-order valence-electron chi connectivity index (χ0n) is 16.8. The van der Waals surface area contributed by atoms with Crippen molar-refractivity contribution in [3.63, 3.8) is 0 Å². The summed E-state index contributed by atoms with van der Waals surface area (Å²) in [5, 5.41) is 0. The summed E-state index contributed by atoms with van der Waals surface area (Å²) in [7, 11) is 0. The fourth-order valence-electron chi connectivity index (χ4n) is 4.99. The van der Waals surface area contributed by atoms with Crippen molar-refractivity contribution in [2.45, 2.75) is 12.3 Å². The van der Waals surface area contributed by atoms with Crippen LogP contribution in [-0.4, -0.2) is 0 Å². The molecular weight excluding hydrogens is 360 g/mol. The van der Waals surface area contributed by atoms with Crippen molar-refractivity contribution in [2.75, 3.05) is 0 Å². The van der Waals surface area contributed by atoms with Crippen LogP contribution < -0.4 is 0 Å². The highest BCUT2D eigenvalue weighted by atomic mass is 14.3. The van der Waals surface area contributed by atoms with Gasteiger partial charge in [0.2, 0.25) is 0 Å². The Labute approximate surface area is 177 Å². The van der Waals surface area contributed by atoms with E-state index in [9.17, 15) is 0 Å². The Balaban J connectivity index is 1.48. The highest BCUT2D eigenvalue weighted by molar-refractivity contribution is 5.94. The van der Waals surface area contributed by atoms with Gasteiger partial charge in [0.25, 0.3) is 0 Å². The molecule has 0 heterocycles. The van der Waals surface area contributed by atoms with E-state index in [-0.39, 0.29) is 0 Å². The summed E-state index contributed by atoms with van der Waals surface area (Å²) < 4.78 is 0. The van der Waals surface area contributed by atoms with E-state index in [1.54, 1.807) is 0 Å². The molecule has 0 heteroatoms. The predicted molar refractivity (Wildman–Crippen MR) is 127 cm³/mol. The first kappa shape index (κ1) is 17.2. The van der Waals surface area contributed by atoms with Crippen molar-refractivity contribution >= 4 is 17.7 Å². The average molecular weight is 383 g/mol. The third-order valence-corrected chi connectivity index (χ3v) is 6.42. The zero-order chi connectivity index (χ0) is 19.9. The Bertz CT molecular complexity index is 1320. The van der Waals surface area contributed by atoms with Gasteiger partial charge in [0.05, 0.1) is 0 Å². The smallest absolute Gasteiger partial charge is 0.0284 e. The third-order valence-electron chi connectivity index (χ3n) is 6.42. The van der Waals surface area contributed by atoms with Crippen molar-refractivity contribution in [2.24, 2.45) is 0 Å². The molecule has 0 saturated heterocycles. The van der Waals surface area contributed by atoms with Crippen LogP contribution in [0.25, 0.3) is 28.9 Å². The van der Waals surface area contributed by atoms with Crippen LogP contribution >= 0.6 is 0 Å². The molecule has 0 bridgehead atoms. The minimum atomic E-state index is 0.306. The Hall–Kier alpha value is -3.64. The van der Waals surface area contributed by atoms with E-state index >= 15 is 0 Å². The third kappa shape index (κ3) is 2.76. The topological polar surface area (TPSA) is 0 Å². The van der Waals surface area contributed by atoms with E-state index in [1.165, 1.54) is 50.1 Å². The first-order chi connectivity index (χ1) is 14.9. The molecule has 0 spiro atoms. The second-order valence-electron chi connectivity index (χ2n) is 8.14. The molecule has 0 saturated carbocycles. The summed E-state index contributed by atoms with van der Waals surface area (Å²) in [5.74, 6) is 0.306. The molecular formula is C30H22. The lowest BCUT2D eigenvalue weighted by Gasteiger charge is -2.19. The summed E-state index contributed by atoms with van der Waals surface area (Å²) in [6.07, 6.45) is 7.97. The number of fused-ring (bicyclic) bond motifs is 2. The average Bonchev–Trinajstić information content (AvgIpc) is 3.43. The van der Waals surface area contributed by atoms with E-state index in [2.05, 4.69) is 115 Å². The van der Waals surface area contributed by atoms with Crippen LogP contribution in [0, 0.1) is 0 Å². The first-order valence-electron chi connectivity index (χ1n) is 10.6. The van der Waals surface area contributed by atoms with Gasteiger partial charge in [-0.3, -0.25) is 0 Å². The van der Waals surface area contributed by atoms with Crippen molar-refractivity contribution in [3.05, 3.63) is 137 Å². The predicted octanol–water partition coefficient (Wildman–Crippen LogP) is 7.61. The van der Waals surface area contributed by atoms with Crippen LogP contribution in [0.2, 0.25) is 0 Å². The molecule has 2 aliphatic carbocycles. The van der Waals surface area contributed by atoms with Crippen molar-refractivity contribution in [1.82, 2.24) is 0 Å². The summed E-state index contributed by atoms with van der Waals surface area (Å²) in [6.45, 7) is 0. The Morgan fingerprint density at radius 1 is 0.533 bits per heavy atom. The monoisotopic (exact) mass is 382 g/mol. The van der Waals surface area contributed by atoms with Crippen LogP contribution in [0.15, 0.2) is 103 Å². The summed E-state index contributed by atoms with van der Waals surface area (Å²) in [4.78, 5) is 0. The van der Waals surface area contributed by atoms with Gasteiger partial charge < -0.3 is 0 Å². The minimum Gasteiger partial charge on any atom is -0.0720 e. The van der Waals surface area contributed by atoms with E-state index in [0.717, 1.165) is 6.42 Å². The Morgan fingerprint density at radius 2 is 1.17 bits per heavy atom. The molecule has 2 aliphatic rings. The molecule has 0 fully saturated rings. The normalized spacial score (nSPS) is 16.3. The highest BCUT2D eigenvalue weighted by Crippen LogP contribution is 2.42. The summed E-state index contributed by atoms with van der Waals surface area (Å²) in [5.41, 5.74) is 12.3. The van der Waals surface area contributed by atoms with Crippen LogP contribution in [0.1, 0.15) is 39.3 Å². The molecule has 0 nitrogen and oxygen atoms in total. The van der Waals surface area contributed by atoms with Gasteiger partial charge in [-0.1, -0.05) is 115 Å². The van der Waals surface area contributed by atoms with E-state index in [0.29, 0.717) is 5.92 Å². The van der Waals surface area contributed by atoms with Gasteiger partial charge >= 0.3 is 0 Å². The van der Waals surface area contributed by atoms with Gasteiger partial charge in [-0.05, 0) is 56.5 Å². The quantitative estimate of drug-likeness (QED) is 0.342. The van der Waals surface area contributed by atoms with Gasteiger partial charge in [-0.25, -0.2) is 0 Å². The number of benzene rings is 4. The van der Waals surface area contributed by atoms with Gasteiger partial charge in [0.15, 0.2) is 0 Å². The zero-order valence-corrected chi connectivity index (χ0v) is 16.8. The lowest BCUT2D eigenvalue weighted by Crippen LogP contribution is -2.00. The molecule has 6 rings (SSSR count).